The van der Waals surface area contributed by atoms with E-state index in [2.05, 4.69) is 5.32 Å². The first-order valence-electron chi connectivity index (χ1n) is 10.5. The fourth-order valence-corrected chi connectivity index (χ4v) is 3.20. The number of ether oxygens (including phenoxy) is 1. The highest BCUT2D eigenvalue weighted by Crippen LogP contribution is 2.21. The number of carbonyl (C=O) groups excluding carboxylic acids is 1. The fourth-order valence-electron chi connectivity index (χ4n) is 3.02. The summed E-state index contributed by atoms with van der Waals surface area (Å²) in [4.78, 5) is 24.0. The van der Waals surface area contributed by atoms with Crippen molar-refractivity contribution in [2.75, 3.05) is 0 Å². The van der Waals surface area contributed by atoms with Crippen LogP contribution < -0.4 is 10.1 Å². The molecular weight excluding hydrogens is 426 g/mol. The van der Waals surface area contributed by atoms with E-state index in [1.54, 1.807) is 30.3 Å². The summed E-state index contributed by atoms with van der Waals surface area (Å²) in [5, 5.41) is 12.6. The van der Waals surface area contributed by atoms with Crippen molar-refractivity contribution in [2.45, 2.75) is 40.3 Å². The Balaban J connectivity index is 0.00000176. The molecule has 0 aliphatic rings. The van der Waals surface area contributed by atoms with Gasteiger partial charge in [-0.15, -0.1) is 0 Å². The summed E-state index contributed by atoms with van der Waals surface area (Å²) in [6, 6.07) is 18.9. The van der Waals surface area contributed by atoms with Crippen molar-refractivity contribution >= 4 is 23.5 Å². The molecule has 6 heteroatoms. The van der Waals surface area contributed by atoms with Gasteiger partial charge in [-0.2, -0.15) is 0 Å². The van der Waals surface area contributed by atoms with Crippen molar-refractivity contribution in [2.24, 2.45) is 0 Å². The highest BCUT2D eigenvalue weighted by molar-refractivity contribution is 6.30. The molecule has 0 saturated heterocycles. The van der Waals surface area contributed by atoms with Crippen LogP contribution in [0.25, 0.3) is 0 Å². The van der Waals surface area contributed by atoms with Crippen LogP contribution in [0.2, 0.25) is 5.02 Å². The molecule has 1 amide bonds. The molecule has 0 spiro atoms. The number of amides is 1. The summed E-state index contributed by atoms with van der Waals surface area (Å²) in [6.45, 7) is 8.00. The van der Waals surface area contributed by atoms with Crippen LogP contribution in [0.4, 0.5) is 0 Å². The van der Waals surface area contributed by atoms with E-state index in [1.165, 1.54) is 12.1 Å². The Morgan fingerprint density at radius 3 is 2.34 bits per heavy atom. The Kier molecular flexibility index (Phi) is 9.29. The van der Waals surface area contributed by atoms with E-state index in [0.29, 0.717) is 16.3 Å². The van der Waals surface area contributed by atoms with E-state index in [9.17, 15) is 9.59 Å². The van der Waals surface area contributed by atoms with Crippen molar-refractivity contribution in [1.29, 1.82) is 0 Å². The van der Waals surface area contributed by atoms with E-state index in [0.717, 1.165) is 16.7 Å². The molecule has 0 aliphatic heterocycles. The van der Waals surface area contributed by atoms with Gasteiger partial charge in [-0.3, -0.25) is 4.79 Å². The third-order valence-electron chi connectivity index (χ3n) is 4.71. The minimum atomic E-state index is -0.984. The lowest BCUT2D eigenvalue weighted by atomic mass is 10.0. The molecule has 0 bridgehead atoms. The van der Waals surface area contributed by atoms with E-state index in [-0.39, 0.29) is 24.1 Å². The Morgan fingerprint density at radius 1 is 1.03 bits per heavy atom. The molecular formula is C26H28ClNO4. The van der Waals surface area contributed by atoms with Gasteiger partial charge in [-0.25, -0.2) is 4.79 Å². The van der Waals surface area contributed by atoms with Gasteiger partial charge in [0, 0.05) is 16.1 Å². The van der Waals surface area contributed by atoms with Gasteiger partial charge in [0.2, 0.25) is 0 Å². The van der Waals surface area contributed by atoms with E-state index >= 15 is 0 Å². The predicted molar refractivity (Wildman–Crippen MR) is 128 cm³/mol. The summed E-state index contributed by atoms with van der Waals surface area (Å²) in [5.74, 6) is -0.582. The summed E-state index contributed by atoms with van der Waals surface area (Å²) in [5.41, 5.74) is 3.27. The van der Waals surface area contributed by atoms with Gasteiger partial charge < -0.3 is 15.2 Å². The van der Waals surface area contributed by atoms with Crippen LogP contribution in [0.5, 0.6) is 5.75 Å². The average molecular weight is 454 g/mol. The molecule has 3 rings (SSSR count). The van der Waals surface area contributed by atoms with Gasteiger partial charge in [0.1, 0.15) is 12.4 Å². The minimum absolute atomic E-state index is 0.205. The zero-order valence-corrected chi connectivity index (χ0v) is 19.4. The Bertz CT molecular complexity index is 1060. The Labute approximate surface area is 194 Å². The molecule has 0 heterocycles. The normalized spacial score (nSPS) is 11.0. The number of carbonyl (C=O) groups is 2. The SMILES string of the molecule is CC.Cc1ccc(COc2cccc(Cl)c2)c(C(=O)NC(C)c2ccc(C(=O)O)cc2)c1. The second kappa shape index (κ2) is 11.9. The van der Waals surface area contributed by atoms with Crippen molar-refractivity contribution < 1.29 is 19.4 Å². The highest BCUT2D eigenvalue weighted by atomic mass is 35.5. The van der Waals surface area contributed by atoms with Gasteiger partial charge in [-0.05, 0) is 55.8 Å². The number of hydrogen-bond donors (Lipinski definition) is 2. The summed E-state index contributed by atoms with van der Waals surface area (Å²) >= 11 is 5.99. The van der Waals surface area contributed by atoms with Crippen LogP contribution in [0.15, 0.2) is 66.7 Å². The van der Waals surface area contributed by atoms with Crippen LogP contribution in [0.3, 0.4) is 0 Å². The number of benzene rings is 3. The molecule has 0 saturated carbocycles. The second-order valence-corrected chi connectivity index (χ2v) is 7.47. The van der Waals surface area contributed by atoms with Gasteiger partial charge >= 0.3 is 5.97 Å². The van der Waals surface area contributed by atoms with E-state index in [4.69, 9.17) is 21.4 Å². The molecule has 0 radical (unpaired) electrons. The van der Waals surface area contributed by atoms with Gasteiger partial charge in [0.05, 0.1) is 11.6 Å². The smallest absolute Gasteiger partial charge is 0.335 e. The van der Waals surface area contributed by atoms with Crippen molar-refractivity contribution in [3.8, 4) is 5.75 Å². The van der Waals surface area contributed by atoms with Crippen LogP contribution in [-0.4, -0.2) is 17.0 Å². The molecule has 5 nitrogen and oxygen atoms in total. The number of aryl methyl sites for hydroxylation is 1. The van der Waals surface area contributed by atoms with Crippen molar-refractivity contribution in [3.63, 3.8) is 0 Å². The standard InChI is InChI=1S/C24H22ClNO4.C2H6/c1-15-6-7-19(14-30-21-5-3-4-20(25)13-21)22(12-15)23(27)26-16(2)17-8-10-18(11-9-17)24(28)29;1-2/h3-13,16H,14H2,1-2H3,(H,26,27)(H,28,29);1-2H3. The molecule has 1 unspecified atom stereocenters. The molecule has 0 aliphatic carbocycles. The molecule has 0 fully saturated rings. The van der Waals surface area contributed by atoms with Crippen molar-refractivity contribution in [1.82, 2.24) is 5.32 Å². The maximum absolute atomic E-state index is 13.0. The van der Waals surface area contributed by atoms with E-state index < -0.39 is 5.97 Å². The first-order valence-corrected chi connectivity index (χ1v) is 10.8. The zero-order chi connectivity index (χ0) is 23.7. The summed E-state index contributed by atoms with van der Waals surface area (Å²) in [7, 11) is 0. The third-order valence-corrected chi connectivity index (χ3v) is 4.94. The molecule has 0 aromatic heterocycles. The van der Waals surface area contributed by atoms with Gasteiger partial charge in [0.25, 0.3) is 5.91 Å². The first kappa shape index (κ1) is 25.0. The van der Waals surface area contributed by atoms with Crippen LogP contribution >= 0.6 is 11.6 Å². The zero-order valence-electron chi connectivity index (χ0n) is 18.7. The maximum Gasteiger partial charge on any atom is 0.335 e. The maximum atomic E-state index is 13.0. The predicted octanol–water partition coefficient (Wildman–Crippen LogP) is 6.44. The second-order valence-electron chi connectivity index (χ2n) is 7.03. The monoisotopic (exact) mass is 453 g/mol. The first-order chi connectivity index (χ1) is 15.3. The third kappa shape index (κ3) is 6.86. The highest BCUT2D eigenvalue weighted by Gasteiger charge is 2.16. The molecule has 3 aromatic carbocycles. The molecule has 32 heavy (non-hydrogen) atoms. The lowest BCUT2D eigenvalue weighted by Crippen LogP contribution is -2.28. The van der Waals surface area contributed by atoms with Crippen LogP contribution in [-0.2, 0) is 6.61 Å². The largest absolute Gasteiger partial charge is 0.489 e. The van der Waals surface area contributed by atoms with Crippen molar-refractivity contribution in [3.05, 3.63) is 99.6 Å². The van der Waals surface area contributed by atoms with Crippen LogP contribution in [0, 0.1) is 6.92 Å². The number of halogens is 1. The molecule has 2 N–H and O–H groups in total. The molecule has 1 atom stereocenters. The topological polar surface area (TPSA) is 75.6 Å². The molecule has 3 aromatic rings. The Hall–Kier alpha value is -3.31. The molecule has 168 valence electrons. The van der Waals surface area contributed by atoms with Gasteiger partial charge in [0.15, 0.2) is 0 Å². The van der Waals surface area contributed by atoms with Gasteiger partial charge in [-0.1, -0.05) is 61.3 Å². The number of nitrogens with one attached hydrogen (secondary N) is 1. The van der Waals surface area contributed by atoms with E-state index in [1.807, 2.05) is 52.0 Å². The number of carboxylic acid groups (broad SMARTS) is 1. The lowest BCUT2D eigenvalue weighted by Gasteiger charge is -2.17. The number of rotatable bonds is 7. The number of hydrogen-bond acceptors (Lipinski definition) is 3. The quantitative estimate of drug-likeness (QED) is 0.431. The van der Waals surface area contributed by atoms with Crippen LogP contribution in [0.1, 0.15) is 64.2 Å². The fraction of sp³-hybridized carbons (Fsp3) is 0.231. The summed E-state index contributed by atoms with van der Waals surface area (Å²) in [6.07, 6.45) is 0. The lowest BCUT2D eigenvalue weighted by molar-refractivity contribution is 0.0696. The minimum Gasteiger partial charge on any atom is -0.489 e. The number of carboxylic acids is 1. The average Bonchev–Trinajstić information content (AvgIpc) is 2.79. The summed E-state index contributed by atoms with van der Waals surface area (Å²) < 4.78 is 5.81. The number of aromatic carboxylic acids is 1. The Morgan fingerprint density at radius 2 is 1.72 bits per heavy atom.